The molecule has 0 aliphatic heterocycles. The van der Waals surface area contributed by atoms with Gasteiger partial charge in [0.25, 0.3) is 0 Å². The van der Waals surface area contributed by atoms with E-state index in [1.807, 2.05) is 233 Å². The van der Waals surface area contributed by atoms with E-state index in [-0.39, 0.29) is 0 Å². The van der Waals surface area contributed by atoms with Crippen LogP contribution in [-0.4, -0.2) is 54.8 Å². The van der Waals surface area contributed by atoms with Gasteiger partial charge in [-0.15, -0.1) is 0 Å². The standard InChI is InChI=1S/3C8H11N.4C7H10N2.C6H6.C4H10.8C2H6/c1-7(2)8-3-5-9-6-4-8;1-7(2)8-4-3-5-9-6-8;1-7(2)8-5-3-4-6-9-8;1-6(2)7-3-8-5-9-4-7;1-6(2)7-5-8-3-4-9-7;1-6(2)7-3-4-8-5-9-7;1-6(2)7-8-4-3-5-9-7;1-2-4-6-5-3-1;1-4(2)3;8*1-2/h3*3-7H,1-2H3;4*3-6H,1-2H3;1-6H;4H,1-3H3;8*1-2H3. The minimum Gasteiger partial charge on any atom is -0.265 e. The van der Waals surface area contributed by atoms with E-state index < -0.39 is 0 Å². The van der Waals surface area contributed by atoms with Crippen LogP contribution in [0.5, 0.6) is 0 Å². The third-order valence-electron chi connectivity index (χ3n) is 9.39. The smallest absolute Gasteiger partial charge is 0.130 e. The molecular weight excluding hydrogens is 1090 g/mol. The van der Waals surface area contributed by atoms with Crippen LogP contribution in [0.1, 0.15) is 310 Å². The molecule has 8 rings (SSSR count). The molecule has 0 bridgehead atoms. The van der Waals surface area contributed by atoms with Crippen molar-refractivity contribution >= 4 is 0 Å². The van der Waals surface area contributed by atoms with Crippen molar-refractivity contribution < 1.29 is 0 Å². The largest absolute Gasteiger partial charge is 0.265 e. The van der Waals surface area contributed by atoms with Gasteiger partial charge in [-0.25, -0.2) is 29.9 Å². The van der Waals surface area contributed by atoms with Crippen molar-refractivity contribution in [1.29, 1.82) is 0 Å². The average molecular weight is 1230 g/mol. The quantitative estimate of drug-likeness (QED) is 0.150. The molecule has 8 aromatic rings. The highest BCUT2D eigenvalue weighted by Crippen LogP contribution is 2.13. The fourth-order valence-corrected chi connectivity index (χ4v) is 5.04. The Morgan fingerprint density at radius 3 is 0.843 bits per heavy atom. The predicted molar refractivity (Wildman–Crippen MR) is 397 cm³/mol. The van der Waals surface area contributed by atoms with Gasteiger partial charge in [-0.2, -0.15) is 0 Å². The first-order valence-electron chi connectivity index (χ1n) is 33.6. The molecule has 7 heterocycles. The van der Waals surface area contributed by atoms with E-state index in [9.17, 15) is 0 Å². The topological polar surface area (TPSA) is 142 Å². The lowest BCUT2D eigenvalue weighted by molar-refractivity contribution is 0.737. The molecule has 0 amide bonds. The Balaban J connectivity index is -0.000000113. The summed E-state index contributed by atoms with van der Waals surface area (Å²) in [6.45, 7) is 68.3. The van der Waals surface area contributed by atoms with Gasteiger partial charge in [0.05, 0.1) is 5.69 Å². The number of rotatable bonds is 7. The molecule has 0 aliphatic carbocycles. The third-order valence-corrected chi connectivity index (χ3v) is 9.39. The van der Waals surface area contributed by atoms with Gasteiger partial charge in [0.15, 0.2) is 0 Å². The Morgan fingerprint density at radius 1 is 0.213 bits per heavy atom. The second kappa shape index (κ2) is 83.1. The van der Waals surface area contributed by atoms with Crippen LogP contribution in [0.3, 0.4) is 0 Å². The summed E-state index contributed by atoms with van der Waals surface area (Å²) in [5.41, 5.74) is 7.17. The van der Waals surface area contributed by atoms with Gasteiger partial charge >= 0.3 is 0 Å². The molecule has 0 saturated carbocycles. The van der Waals surface area contributed by atoms with E-state index in [0.29, 0.717) is 41.4 Å². The zero-order valence-corrected chi connectivity index (χ0v) is 63.4. The SMILES string of the molecule is CC.CC.CC.CC.CC.CC.CC.CC.CC(C)C.CC(C)c1ccccn1.CC(C)c1cccnc1.CC(C)c1ccncc1.CC(C)c1ccncn1.CC(C)c1cnccn1.CC(C)c1cncnc1.CC(C)c1ncccn1.c1ccccc1. The Kier molecular flexibility index (Phi) is 94.2. The highest BCUT2D eigenvalue weighted by atomic mass is 14.9. The Morgan fingerprint density at radius 2 is 0.596 bits per heavy atom. The molecule has 0 radical (unpaired) electrons. The second-order valence-electron chi connectivity index (χ2n) is 19.3. The lowest BCUT2D eigenvalue weighted by atomic mass is 10.1. The molecule has 89 heavy (non-hydrogen) atoms. The summed E-state index contributed by atoms with van der Waals surface area (Å²) in [7, 11) is 0. The first-order chi connectivity index (χ1) is 42.9. The van der Waals surface area contributed by atoms with Gasteiger partial charge in [-0.1, -0.05) is 277 Å². The van der Waals surface area contributed by atoms with Crippen LogP contribution in [0.15, 0.2) is 184 Å². The van der Waals surface area contributed by atoms with Crippen molar-refractivity contribution in [2.24, 2.45) is 5.92 Å². The first kappa shape index (κ1) is 101. The fourth-order valence-electron chi connectivity index (χ4n) is 5.04. The molecule has 504 valence electrons. The molecule has 7 aromatic heterocycles. The van der Waals surface area contributed by atoms with Crippen molar-refractivity contribution in [2.45, 2.75) is 270 Å². The Hall–Kier alpha value is -7.01. The van der Waals surface area contributed by atoms with Gasteiger partial charge in [0.1, 0.15) is 18.5 Å². The van der Waals surface area contributed by atoms with Gasteiger partial charge < -0.3 is 0 Å². The summed E-state index contributed by atoms with van der Waals surface area (Å²) in [6.07, 6.45) is 26.5. The molecule has 0 spiro atoms. The molecule has 0 unspecified atom stereocenters. The van der Waals surface area contributed by atoms with Crippen LogP contribution < -0.4 is 0 Å². The van der Waals surface area contributed by atoms with Crippen LogP contribution >= 0.6 is 0 Å². The van der Waals surface area contributed by atoms with Crippen LogP contribution in [0.4, 0.5) is 0 Å². The van der Waals surface area contributed by atoms with E-state index in [2.05, 4.69) is 179 Å². The van der Waals surface area contributed by atoms with E-state index >= 15 is 0 Å². The highest BCUT2D eigenvalue weighted by Gasteiger charge is 2.00. The van der Waals surface area contributed by atoms with Gasteiger partial charge in [0.2, 0.25) is 0 Å². The zero-order chi connectivity index (χ0) is 70.7. The molecule has 0 aliphatic rings. The molecule has 0 atom stereocenters. The van der Waals surface area contributed by atoms with E-state index in [4.69, 9.17) is 0 Å². The Labute approximate surface area is 551 Å². The zero-order valence-electron chi connectivity index (χ0n) is 63.4. The van der Waals surface area contributed by atoms with Crippen molar-refractivity contribution in [3.05, 3.63) is 224 Å². The van der Waals surface area contributed by atoms with Gasteiger partial charge in [-0.05, 0) is 101 Å². The van der Waals surface area contributed by atoms with Crippen molar-refractivity contribution in [1.82, 2.24) is 54.8 Å². The number of hydrogen-bond acceptors (Lipinski definition) is 11. The lowest BCUT2D eigenvalue weighted by Gasteiger charge is -2.01. The maximum absolute atomic E-state index is 4.18. The minimum absolute atomic E-state index is 0.436. The molecule has 0 N–H and O–H groups in total. The molecule has 11 nitrogen and oxygen atoms in total. The van der Waals surface area contributed by atoms with Crippen LogP contribution in [-0.2, 0) is 0 Å². The molecular formula is C78H137N11. The Bertz CT molecular complexity index is 1890. The second-order valence-corrected chi connectivity index (χ2v) is 19.3. The van der Waals surface area contributed by atoms with Gasteiger partial charge in [0, 0.05) is 97.9 Å². The minimum atomic E-state index is 0.436. The normalized spacial score (nSPS) is 8.64. The van der Waals surface area contributed by atoms with Crippen LogP contribution in [0.25, 0.3) is 0 Å². The van der Waals surface area contributed by atoms with Crippen molar-refractivity contribution in [2.75, 3.05) is 0 Å². The van der Waals surface area contributed by atoms with Crippen molar-refractivity contribution in [3.8, 4) is 0 Å². The fraction of sp³-hybridized carbons (Fsp3) is 0.526. The summed E-state index contributed by atoms with van der Waals surface area (Å²) in [4.78, 5) is 44.0. The van der Waals surface area contributed by atoms with Gasteiger partial charge in [-0.3, -0.25) is 24.9 Å². The number of benzene rings is 1. The number of hydrogen-bond donors (Lipinski definition) is 0. The molecule has 11 heteroatoms. The first-order valence-corrected chi connectivity index (χ1v) is 33.6. The lowest BCUT2D eigenvalue weighted by Crippen LogP contribution is -1.93. The monoisotopic (exact) mass is 1230 g/mol. The average Bonchev–Trinajstić information content (AvgIpc) is 3.62. The maximum Gasteiger partial charge on any atom is 0.130 e. The highest BCUT2D eigenvalue weighted by molar-refractivity contribution is 5.14. The molecule has 1 aromatic carbocycles. The molecule has 0 saturated heterocycles. The van der Waals surface area contributed by atoms with E-state index in [0.717, 1.165) is 28.8 Å². The van der Waals surface area contributed by atoms with E-state index in [1.165, 1.54) is 16.7 Å². The predicted octanol–water partition coefficient (Wildman–Crippen LogP) is 24.6. The summed E-state index contributed by atoms with van der Waals surface area (Å²) < 4.78 is 0. The van der Waals surface area contributed by atoms with Crippen LogP contribution in [0, 0.1) is 5.92 Å². The summed E-state index contributed by atoms with van der Waals surface area (Å²) in [5.74, 6) is 5.47. The summed E-state index contributed by atoms with van der Waals surface area (Å²) >= 11 is 0. The molecule has 0 fully saturated rings. The maximum atomic E-state index is 4.18. The number of nitrogens with zero attached hydrogens (tertiary/aromatic N) is 11. The summed E-state index contributed by atoms with van der Waals surface area (Å²) in [5, 5.41) is 0. The third kappa shape index (κ3) is 73.4. The van der Waals surface area contributed by atoms with Crippen LogP contribution in [0.2, 0.25) is 0 Å². The summed E-state index contributed by atoms with van der Waals surface area (Å²) in [6, 6.07) is 29.9. The van der Waals surface area contributed by atoms with E-state index in [1.54, 1.807) is 56.0 Å². The number of pyridine rings is 3. The van der Waals surface area contributed by atoms with Crippen molar-refractivity contribution in [3.63, 3.8) is 0 Å². The number of aromatic nitrogens is 11.